The average Bonchev–Trinajstić information content (AvgIpc) is 3.04. The van der Waals surface area contributed by atoms with Crippen molar-refractivity contribution in [3.8, 4) is 0 Å². The first-order valence-electron chi connectivity index (χ1n) is 7.53. The third kappa shape index (κ3) is 3.95. The molecular formula is C15H19N3O2S2. The fourth-order valence-corrected chi connectivity index (χ4v) is 5.12. The fraction of sp³-hybridized carbons (Fsp3) is 0.533. The molecule has 3 rings (SSSR count). The molecule has 0 unspecified atom stereocenters. The molecular weight excluding hydrogens is 318 g/mol. The molecule has 118 valence electrons. The van der Waals surface area contributed by atoms with Gasteiger partial charge in [-0.15, -0.1) is 0 Å². The minimum atomic E-state index is -0.0396. The number of amides is 2. The normalized spacial score (nSPS) is 26.4. The molecule has 2 fully saturated rings. The number of unbranched alkanes of at least 4 members (excludes halogenated alkanes) is 1. The molecule has 0 saturated carbocycles. The Labute approximate surface area is 138 Å². The Morgan fingerprint density at radius 1 is 1.36 bits per heavy atom. The molecule has 3 atom stereocenters. The van der Waals surface area contributed by atoms with Gasteiger partial charge in [0, 0.05) is 23.6 Å². The number of fused-ring (bicyclic) bond motifs is 1. The number of pyridine rings is 1. The van der Waals surface area contributed by atoms with Crippen LogP contribution in [0.3, 0.4) is 0 Å². The molecule has 2 aliphatic rings. The molecule has 3 heterocycles. The van der Waals surface area contributed by atoms with Gasteiger partial charge in [-0.25, -0.2) is 9.78 Å². The van der Waals surface area contributed by atoms with E-state index >= 15 is 0 Å². The van der Waals surface area contributed by atoms with E-state index in [1.165, 1.54) is 11.8 Å². The number of rotatable bonds is 6. The SMILES string of the molecule is O=C1N[C@H]2[C@H](CS[C@H]2CCCCC(=O)Sc2ccccn2)N1. The zero-order valence-corrected chi connectivity index (χ0v) is 13.8. The van der Waals surface area contributed by atoms with E-state index in [-0.39, 0.29) is 23.2 Å². The largest absolute Gasteiger partial charge is 0.332 e. The van der Waals surface area contributed by atoms with E-state index in [1.54, 1.807) is 6.20 Å². The maximum Gasteiger partial charge on any atom is 0.315 e. The summed E-state index contributed by atoms with van der Waals surface area (Å²) in [6.45, 7) is 0. The van der Waals surface area contributed by atoms with E-state index in [0.29, 0.717) is 11.7 Å². The molecule has 1 aromatic rings. The Kier molecular flexibility index (Phi) is 5.25. The van der Waals surface area contributed by atoms with E-state index in [1.807, 2.05) is 30.0 Å². The molecule has 0 spiro atoms. The van der Waals surface area contributed by atoms with Gasteiger partial charge >= 0.3 is 6.03 Å². The van der Waals surface area contributed by atoms with Crippen LogP contribution >= 0.6 is 23.5 Å². The Balaban J connectivity index is 1.34. The monoisotopic (exact) mass is 337 g/mol. The van der Waals surface area contributed by atoms with Crippen molar-refractivity contribution in [3.63, 3.8) is 0 Å². The summed E-state index contributed by atoms with van der Waals surface area (Å²) in [6.07, 6.45) is 5.25. The van der Waals surface area contributed by atoms with Crippen molar-refractivity contribution in [2.75, 3.05) is 5.75 Å². The fourth-order valence-electron chi connectivity index (χ4n) is 2.83. The summed E-state index contributed by atoms with van der Waals surface area (Å²) < 4.78 is 0. The summed E-state index contributed by atoms with van der Waals surface area (Å²) in [5.41, 5.74) is 0. The molecule has 0 aliphatic carbocycles. The minimum Gasteiger partial charge on any atom is -0.332 e. The van der Waals surface area contributed by atoms with Crippen molar-refractivity contribution in [2.45, 2.75) is 48.0 Å². The average molecular weight is 337 g/mol. The lowest BCUT2D eigenvalue weighted by molar-refractivity contribution is -0.111. The van der Waals surface area contributed by atoms with E-state index in [4.69, 9.17) is 0 Å². The van der Waals surface area contributed by atoms with Crippen LogP contribution in [0.5, 0.6) is 0 Å². The van der Waals surface area contributed by atoms with E-state index in [9.17, 15) is 9.59 Å². The molecule has 1 aromatic heterocycles. The highest BCUT2D eigenvalue weighted by Gasteiger charge is 2.42. The number of nitrogens with one attached hydrogen (secondary N) is 2. The Hall–Kier alpha value is -1.21. The van der Waals surface area contributed by atoms with Crippen molar-refractivity contribution in [3.05, 3.63) is 24.4 Å². The second kappa shape index (κ2) is 7.37. The van der Waals surface area contributed by atoms with Crippen LogP contribution in [0.2, 0.25) is 0 Å². The van der Waals surface area contributed by atoms with Crippen LogP contribution < -0.4 is 10.6 Å². The standard InChI is InChI=1S/C15H19N3O2S2/c19-13(22-12-6-3-4-8-16-12)7-2-1-5-11-14-10(9-21-11)17-15(20)18-14/h3-4,6,8,10-11,14H,1-2,5,7,9H2,(H2,17,18,20)/t10-,11-,14-/m0/s1. The summed E-state index contributed by atoms with van der Waals surface area (Å²) in [5.74, 6) is 0.989. The Bertz CT molecular complexity index is 541. The van der Waals surface area contributed by atoms with Gasteiger partial charge in [0.05, 0.1) is 12.1 Å². The van der Waals surface area contributed by atoms with Crippen LogP contribution in [0.1, 0.15) is 25.7 Å². The molecule has 2 aliphatic heterocycles. The number of hydrogen-bond acceptors (Lipinski definition) is 5. The van der Waals surface area contributed by atoms with Crippen LogP contribution in [-0.2, 0) is 4.79 Å². The van der Waals surface area contributed by atoms with Gasteiger partial charge in [-0.2, -0.15) is 11.8 Å². The number of thioether (sulfide) groups is 2. The van der Waals surface area contributed by atoms with Gasteiger partial charge in [0.1, 0.15) is 5.03 Å². The molecule has 5 nitrogen and oxygen atoms in total. The maximum absolute atomic E-state index is 11.9. The lowest BCUT2D eigenvalue weighted by Gasteiger charge is -2.16. The van der Waals surface area contributed by atoms with Crippen LogP contribution in [0.4, 0.5) is 4.79 Å². The number of carbonyl (C=O) groups excluding carboxylic acids is 2. The summed E-state index contributed by atoms with van der Waals surface area (Å²) in [5, 5.41) is 7.36. The van der Waals surface area contributed by atoms with Crippen LogP contribution in [-0.4, -0.2) is 39.2 Å². The summed E-state index contributed by atoms with van der Waals surface area (Å²) in [6, 6.07) is 6.09. The predicted molar refractivity (Wildman–Crippen MR) is 89.1 cm³/mol. The predicted octanol–water partition coefficient (Wildman–Crippen LogP) is 2.43. The van der Waals surface area contributed by atoms with Gasteiger partial charge < -0.3 is 10.6 Å². The zero-order chi connectivity index (χ0) is 15.4. The van der Waals surface area contributed by atoms with Crippen molar-refractivity contribution >= 4 is 34.7 Å². The summed E-state index contributed by atoms with van der Waals surface area (Å²) in [7, 11) is 0. The number of carbonyl (C=O) groups is 2. The van der Waals surface area contributed by atoms with Crippen LogP contribution in [0.25, 0.3) is 0 Å². The van der Waals surface area contributed by atoms with Gasteiger partial charge in [-0.1, -0.05) is 12.5 Å². The van der Waals surface area contributed by atoms with Crippen LogP contribution in [0.15, 0.2) is 29.4 Å². The number of urea groups is 1. The summed E-state index contributed by atoms with van der Waals surface area (Å²) >= 11 is 3.14. The van der Waals surface area contributed by atoms with Crippen molar-refractivity contribution in [1.82, 2.24) is 15.6 Å². The first-order valence-corrected chi connectivity index (χ1v) is 9.39. The molecule has 22 heavy (non-hydrogen) atoms. The number of hydrogen-bond donors (Lipinski definition) is 2. The highest BCUT2D eigenvalue weighted by atomic mass is 32.2. The molecule has 0 radical (unpaired) electrons. The van der Waals surface area contributed by atoms with Gasteiger partial charge in [-0.05, 0) is 36.7 Å². The van der Waals surface area contributed by atoms with Gasteiger partial charge in [0.2, 0.25) is 0 Å². The maximum atomic E-state index is 11.9. The van der Waals surface area contributed by atoms with Crippen LogP contribution in [0, 0.1) is 0 Å². The number of nitrogens with zero attached hydrogens (tertiary/aromatic N) is 1. The first kappa shape index (κ1) is 15.7. The lowest BCUT2D eigenvalue weighted by Crippen LogP contribution is -2.36. The highest BCUT2D eigenvalue weighted by Crippen LogP contribution is 2.33. The van der Waals surface area contributed by atoms with E-state index in [2.05, 4.69) is 15.6 Å². The zero-order valence-electron chi connectivity index (χ0n) is 12.2. The Morgan fingerprint density at radius 2 is 2.27 bits per heavy atom. The minimum absolute atomic E-state index is 0.0396. The summed E-state index contributed by atoms with van der Waals surface area (Å²) in [4.78, 5) is 27.3. The first-order chi connectivity index (χ1) is 10.7. The van der Waals surface area contributed by atoms with Gasteiger partial charge in [0.15, 0.2) is 5.12 Å². The topological polar surface area (TPSA) is 71.1 Å². The van der Waals surface area contributed by atoms with Crippen molar-refractivity contribution in [2.24, 2.45) is 0 Å². The van der Waals surface area contributed by atoms with Gasteiger partial charge in [-0.3, -0.25) is 4.79 Å². The smallest absolute Gasteiger partial charge is 0.315 e. The highest BCUT2D eigenvalue weighted by molar-refractivity contribution is 8.13. The Morgan fingerprint density at radius 3 is 3.09 bits per heavy atom. The van der Waals surface area contributed by atoms with Gasteiger partial charge in [0.25, 0.3) is 0 Å². The molecule has 0 bridgehead atoms. The molecule has 0 aromatic carbocycles. The second-order valence-electron chi connectivity index (χ2n) is 5.51. The second-order valence-corrected chi connectivity index (χ2v) is 7.86. The third-order valence-electron chi connectivity index (χ3n) is 3.91. The van der Waals surface area contributed by atoms with E-state index in [0.717, 1.165) is 30.0 Å². The molecule has 2 amide bonds. The molecule has 7 heteroatoms. The van der Waals surface area contributed by atoms with Crippen molar-refractivity contribution in [1.29, 1.82) is 0 Å². The number of aromatic nitrogens is 1. The van der Waals surface area contributed by atoms with E-state index < -0.39 is 0 Å². The lowest BCUT2D eigenvalue weighted by atomic mass is 10.0. The third-order valence-corrected chi connectivity index (χ3v) is 6.30. The quantitative estimate of drug-likeness (QED) is 0.474. The molecule has 2 saturated heterocycles. The molecule has 2 N–H and O–H groups in total. The van der Waals surface area contributed by atoms with Crippen molar-refractivity contribution < 1.29 is 9.59 Å².